The van der Waals surface area contributed by atoms with E-state index in [1.165, 1.54) is 12.1 Å². The number of rotatable bonds is 6. The van der Waals surface area contributed by atoms with E-state index in [4.69, 9.17) is 19.6 Å². The highest BCUT2D eigenvalue weighted by atomic mass is 32.2. The van der Waals surface area contributed by atoms with E-state index in [0.29, 0.717) is 0 Å². The van der Waals surface area contributed by atoms with Crippen molar-refractivity contribution in [2.24, 2.45) is 10.2 Å². The van der Waals surface area contributed by atoms with E-state index >= 15 is 0 Å². The molecule has 0 amide bonds. The average Bonchev–Trinajstić information content (AvgIpc) is 2.22. The lowest BCUT2D eigenvalue weighted by atomic mass is 10.1. The van der Waals surface area contributed by atoms with Gasteiger partial charge in [0.05, 0.1) is 12.1 Å². The summed E-state index contributed by atoms with van der Waals surface area (Å²) in [6, 6.07) is 2.95. The van der Waals surface area contributed by atoms with E-state index in [9.17, 15) is 16.8 Å². The van der Waals surface area contributed by atoms with Gasteiger partial charge in [-0.1, -0.05) is 0 Å². The summed E-state index contributed by atoms with van der Waals surface area (Å²) in [7, 11) is -9.06. The van der Waals surface area contributed by atoms with Gasteiger partial charge in [-0.25, -0.2) is 0 Å². The Morgan fingerprint density at radius 3 is 1.30 bits per heavy atom. The summed E-state index contributed by atoms with van der Waals surface area (Å²) in [6.07, 6.45) is 0. The van der Waals surface area contributed by atoms with Crippen LogP contribution in [0.5, 0.6) is 0 Å². The zero-order valence-electron chi connectivity index (χ0n) is 10.5. The first-order chi connectivity index (χ1) is 8.74. The molecule has 0 aliphatic carbocycles. The molecule has 0 aliphatic heterocycles. The van der Waals surface area contributed by atoms with Gasteiger partial charge in [-0.3, -0.25) is 9.11 Å². The zero-order chi connectivity index (χ0) is 16.2. The van der Waals surface area contributed by atoms with Gasteiger partial charge < -0.3 is 0 Å². The van der Waals surface area contributed by atoms with Crippen LogP contribution < -0.4 is 0 Å². The van der Waals surface area contributed by atoms with Gasteiger partial charge in [0, 0.05) is 0 Å². The predicted octanol–water partition coefficient (Wildman–Crippen LogP) is -0.221. The van der Waals surface area contributed by atoms with Crippen LogP contribution in [0, 0.1) is 22.7 Å². The lowest BCUT2D eigenvalue weighted by Crippen LogP contribution is -2.33. The molecule has 0 aromatic rings. The molecular formula is C8H12N4O6S2. The molecule has 0 aliphatic rings. The summed E-state index contributed by atoms with van der Waals surface area (Å²) in [5.74, 6) is -2.15. The first-order valence-electron chi connectivity index (χ1n) is 4.91. The third kappa shape index (κ3) is 7.10. The van der Waals surface area contributed by atoms with Gasteiger partial charge in [-0.15, -0.1) is 0 Å². The highest BCUT2D eigenvalue weighted by Crippen LogP contribution is 2.18. The Morgan fingerprint density at radius 1 is 0.900 bits per heavy atom. The molecule has 112 valence electrons. The number of nitrogens with zero attached hydrogens (tertiary/aromatic N) is 4. The van der Waals surface area contributed by atoms with Crippen molar-refractivity contribution in [1.29, 1.82) is 10.5 Å². The second-order valence-electron chi connectivity index (χ2n) is 4.42. The average molecular weight is 324 g/mol. The van der Waals surface area contributed by atoms with Crippen LogP contribution in [0.15, 0.2) is 10.2 Å². The van der Waals surface area contributed by atoms with Gasteiger partial charge >= 0.3 is 0 Å². The topological polar surface area (TPSA) is 181 Å². The molecule has 2 atom stereocenters. The highest BCUT2D eigenvalue weighted by Gasteiger charge is 2.34. The summed E-state index contributed by atoms with van der Waals surface area (Å²) < 4.78 is 60.3. The Labute approximate surface area is 116 Å². The quantitative estimate of drug-likeness (QED) is 0.496. The predicted molar refractivity (Wildman–Crippen MR) is 65.7 cm³/mol. The van der Waals surface area contributed by atoms with Crippen molar-refractivity contribution in [3.8, 4) is 12.1 Å². The second-order valence-corrected chi connectivity index (χ2v) is 7.33. The largest absolute Gasteiger partial charge is 0.285 e. The summed E-state index contributed by atoms with van der Waals surface area (Å²) in [6.45, 7) is 2.05. The molecule has 0 aromatic carbocycles. The number of azo groups is 1. The van der Waals surface area contributed by atoms with Gasteiger partial charge in [-0.2, -0.15) is 37.6 Å². The first kappa shape index (κ1) is 18.4. The smallest absolute Gasteiger partial charge is 0.268 e. The molecule has 2 unspecified atom stereocenters. The molecule has 0 saturated heterocycles. The van der Waals surface area contributed by atoms with Crippen LogP contribution in [0.3, 0.4) is 0 Å². The maximum atomic E-state index is 10.7. The van der Waals surface area contributed by atoms with Crippen molar-refractivity contribution in [1.82, 2.24) is 0 Å². The molecule has 0 radical (unpaired) electrons. The van der Waals surface area contributed by atoms with Gasteiger partial charge in [0.15, 0.2) is 11.1 Å². The fourth-order valence-corrected chi connectivity index (χ4v) is 2.76. The summed E-state index contributed by atoms with van der Waals surface area (Å²) in [5.41, 5.74) is -3.99. The monoisotopic (exact) mass is 324 g/mol. The highest BCUT2D eigenvalue weighted by molar-refractivity contribution is 7.86. The van der Waals surface area contributed by atoms with Crippen LogP contribution in [0.4, 0.5) is 0 Å². The minimum Gasteiger partial charge on any atom is -0.285 e. The maximum absolute atomic E-state index is 10.7. The van der Waals surface area contributed by atoms with Crippen molar-refractivity contribution >= 4 is 20.2 Å². The number of hydrogen-bond donors (Lipinski definition) is 2. The van der Waals surface area contributed by atoms with Crippen molar-refractivity contribution < 1.29 is 25.9 Å². The molecule has 0 rings (SSSR count). The molecule has 0 saturated carbocycles. The molecular weight excluding hydrogens is 312 g/mol. The molecule has 20 heavy (non-hydrogen) atoms. The summed E-state index contributed by atoms with van der Waals surface area (Å²) in [5, 5.41) is 24.3. The Hall–Kier alpha value is -1.60. The van der Waals surface area contributed by atoms with E-state index in [2.05, 4.69) is 10.2 Å². The molecule has 10 nitrogen and oxygen atoms in total. The minimum atomic E-state index is -4.53. The Kier molecular flexibility index (Phi) is 5.34. The van der Waals surface area contributed by atoms with E-state index in [0.717, 1.165) is 13.8 Å². The molecule has 0 heterocycles. The van der Waals surface area contributed by atoms with E-state index in [1.807, 2.05) is 0 Å². The maximum Gasteiger partial charge on any atom is 0.268 e. The van der Waals surface area contributed by atoms with Crippen LogP contribution in [-0.4, -0.2) is 48.5 Å². The fraction of sp³-hybridized carbons (Fsp3) is 0.750. The Balaban J connectivity index is 5.45. The van der Waals surface area contributed by atoms with Gasteiger partial charge in [0.2, 0.25) is 0 Å². The molecule has 0 fully saturated rings. The zero-order valence-corrected chi connectivity index (χ0v) is 12.2. The Bertz CT molecular complexity index is 625. The van der Waals surface area contributed by atoms with Crippen LogP contribution in [-0.2, 0) is 20.2 Å². The van der Waals surface area contributed by atoms with E-state index in [-0.39, 0.29) is 0 Å². The molecule has 0 spiro atoms. The Morgan fingerprint density at radius 2 is 1.15 bits per heavy atom. The van der Waals surface area contributed by atoms with Gasteiger partial charge in [0.25, 0.3) is 20.2 Å². The third-order valence-electron chi connectivity index (χ3n) is 1.90. The number of hydrogen-bond acceptors (Lipinski definition) is 8. The normalized spacial score (nSPS) is 18.7. The number of nitriles is 2. The van der Waals surface area contributed by atoms with Crippen LogP contribution in [0.25, 0.3) is 0 Å². The first-order valence-corrected chi connectivity index (χ1v) is 8.13. The summed E-state index contributed by atoms with van der Waals surface area (Å²) in [4.78, 5) is 0. The van der Waals surface area contributed by atoms with Crippen LogP contribution in [0.2, 0.25) is 0 Å². The van der Waals surface area contributed by atoms with Gasteiger partial charge in [0.1, 0.15) is 11.5 Å². The molecule has 0 bridgehead atoms. The third-order valence-corrected chi connectivity index (χ3v) is 3.75. The molecule has 0 aromatic heterocycles. The lowest BCUT2D eigenvalue weighted by molar-refractivity contribution is 0.451. The molecule has 12 heteroatoms. The molecule has 2 N–H and O–H groups in total. The van der Waals surface area contributed by atoms with Crippen molar-refractivity contribution in [2.45, 2.75) is 24.9 Å². The van der Waals surface area contributed by atoms with Crippen molar-refractivity contribution in [2.75, 3.05) is 11.5 Å². The van der Waals surface area contributed by atoms with E-state index in [1.54, 1.807) is 0 Å². The van der Waals surface area contributed by atoms with Crippen LogP contribution >= 0.6 is 0 Å². The van der Waals surface area contributed by atoms with Crippen molar-refractivity contribution in [3.63, 3.8) is 0 Å². The fourth-order valence-electron chi connectivity index (χ4n) is 1.10. The van der Waals surface area contributed by atoms with Crippen molar-refractivity contribution in [3.05, 3.63) is 0 Å². The SMILES string of the molecule is CC(C#N)(CS(=O)(=O)O)N=NC(C)(C#N)CS(=O)(=O)O. The van der Waals surface area contributed by atoms with Gasteiger partial charge in [-0.05, 0) is 13.8 Å². The lowest BCUT2D eigenvalue weighted by Gasteiger charge is -2.17. The minimum absolute atomic E-state index is 1.02. The second kappa shape index (κ2) is 5.80. The van der Waals surface area contributed by atoms with Crippen LogP contribution in [0.1, 0.15) is 13.8 Å². The standard InChI is InChI=1S/C8H12N4O6S2/c1-7(3-9,5-19(13,14)15)11-12-8(2,4-10)6-20(16,17)18/h5-6H2,1-2H3,(H,13,14,15)(H,16,17,18). The summed E-state index contributed by atoms with van der Waals surface area (Å²) >= 11 is 0. The van der Waals surface area contributed by atoms with E-state index < -0.39 is 42.8 Å².